The zero-order chi connectivity index (χ0) is 17.9. The molecule has 0 unspecified atom stereocenters. The average molecular weight is 325 g/mol. The molecule has 2 rings (SSSR count). The lowest BCUT2D eigenvalue weighted by molar-refractivity contribution is -0.122. The summed E-state index contributed by atoms with van der Waals surface area (Å²) in [5.74, 6) is 1.10. The number of carbonyl (C=O) groups is 1. The Hall–Kier alpha value is -2.29. The van der Waals surface area contributed by atoms with Crippen molar-refractivity contribution >= 4 is 11.6 Å². The number of hydrogen-bond donors (Lipinski definition) is 1. The van der Waals surface area contributed by atoms with Crippen LogP contribution >= 0.6 is 0 Å². The molecule has 0 aliphatic rings. The Morgan fingerprint density at radius 2 is 1.62 bits per heavy atom. The molecule has 128 valence electrons. The minimum atomic E-state index is -0.560. The van der Waals surface area contributed by atoms with Crippen molar-refractivity contribution in [3.63, 3.8) is 0 Å². The molecule has 1 N–H and O–H groups in total. The summed E-state index contributed by atoms with van der Waals surface area (Å²) in [5.41, 5.74) is 5.41. The van der Waals surface area contributed by atoms with Gasteiger partial charge in [0.2, 0.25) is 0 Å². The minimum Gasteiger partial charge on any atom is -0.481 e. The molecule has 1 atom stereocenters. The van der Waals surface area contributed by atoms with Crippen LogP contribution in [0.25, 0.3) is 0 Å². The molecule has 0 spiro atoms. The molecule has 0 aromatic heterocycles. The first kappa shape index (κ1) is 18.1. The molecule has 3 nitrogen and oxygen atoms in total. The molecule has 3 heteroatoms. The average Bonchev–Trinajstić information content (AvgIpc) is 2.52. The van der Waals surface area contributed by atoms with Gasteiger partial charge < -0.3 is 10.1 Å². The maximum Gasteiger partial charge on any atom is 0.265 e. The van der Waals surface area contributed by atoms with E-state index >= 15 is 0 Å². The van der Waals surface area contributed by atoms with Gasteiger partial charge in [-0.2, -0.15) is 0 Å². The van der Waals surface area contributed by atoms with Crippen molar-refractivity contribution in [1.82, 2.24) is 0 Å². The summed E-state index contributed by atoms with van der Waals surface area (Å²) in [7, 11) is 0. The number of aryl methyl sites for hydroxylation is 2. The first-order chi connectivity index (χ1) is 11.3. The molecule has 0 saturated carbocycles. The second-order valence-corrected chi connectivity index (χ2v) is 6.73. The monoisotopic (exact) mass is 325 g/mol. The Morgan fingerprint density at radius 3 is 2.21 bits per heavy atom. The van der Waals surface area contributed by atoms with Gasteiger partial charge in [-0.15, -0.1) is 0 Å². The third-order valence-electron chi connectivity index (χ3n) is 4.28. The maximum atomic E-state index is 12.4. The highest BCUT2D eigenvalue weighted by Gasteiger charge is 2.16. The Kier molecular flexibility index (Phi) is 5.66. The minimum absolute atomic E-state index is 0.147. The second kappa shape index (κ2) is 7.52. The van der Waals surface area contributed by atoms with Crippen LogP contribution in [0.1, 0.15) is 48.9 Å². The van der Waals surface area contributed by atoms with E-state index in [0.717, 1.165) is 22.6 Å². The van der Waals surface area contributed by atoms with E-state index in [1.165, 1.54) is 11.1 Å². The van der Waals surface area contributed by atoms with Crippen LogP contribution in [0.3, 0.4) is 0 Å². The highest BCUT2D eigenvalue weighted by molar-refractivity contribution is 5.94. The zero-order valence-corrected chi connectivity index (χ0v) is 15.4. The van der Waals surface area contributed by atoms with Crippen molar-refractivity contribution in [2.45, 2.75) is 53.6 Å². The van der Waals surface area contributed by atoms with Crippen molar-refractivity contribution in [2.24, 2.45) is 0 Å². The highest BCUT2D eigenvalue weighted by Crippen LogP contribution is 2.24. The fourth-order valence-electron chi connectivity index (χ4n) is 2.56. The molecule has 0 bridgehead atoms. The van der Waals surface area contributed by atoms with E-state index in [4.69, 9.17) is 4.74 Å². The third kappa shape index (κ3) is 4.38. The number of anilines is 1. The Labute approximate surface area is 145 Å². The van der Waals surface area contributed by atoms with Gasteiger partial charge in [0.15, 0.2) is 6.10 Å². The normalized spacial score (nSPS) is 12.1. The van der Waals surface area contributed by atoms with E-state index in [9.17, 15) is 4.79 Å². The quantitative estimate of drug-likeness (QED) is 0.826. The fourth-order valence-corrected chi connectivity index (χ4v) is 2.56. The van der Waals surface area contributed by atoms with Gasteiger partial charge in [-0.3, -0.25) is 4.79 Å². The third-order valence-corrected chi connectivity index (χ3v) is 4.28. The van der Waals surface area contributed by atoms with Gasteiger partial charge in [-0.05, 0) is 74.1 Å². The first-order valence-corrected chi connectivity index (χ1v) is 8.43. The van der Waals surface area contributed by atoms with Crippen molar-refractivity contribution < 1.29 is 9.53 Å². The van der Waals surface area contributed by atoms with Crippen LogP contribution in [0.15, 0.2) is 36.4 Å². The Bertz CT molecular complexity index is 717. The van der Waals surface area contributed by atoms with Gasteiger partial charge in [0, 0.05) is 5.69 Å². The molecule has 0 aliphatic carbocycles. The highest BCUT2D eigenvalue weighted by atomic mass is 16.5. The summed E-state index contributed by atoms with van der Waals surface area (Å²) in [6.45, 7) is 12.2. The molecule has 2 aromatic rings. The van der Waals surface area contributed by atoms with Gasteiger partial charge in [-0.25, -0.2) is 0 Å². The molecule has 1 amide bonds. The fraction of sp³-hybridized carbons (Fsp3) is 0.381. The maximum absolute atomic E-state index is 12.4. The summed E-state index contributed by atoms with van der Waals surface area (Å²) >= 11 is 0. The number of hydrogen-bond acceptors (Lipinski definition) is 2. The molecule has 24 heavy (non-hydrogen) atoms. The van der Waals surface area contributed by atoms with Gasteiger partial charge in [-0.1, -0.05) is 32.0 Å². The lowest BCUT2D eigenvalue weighted by Crippen LogP contribution is -2.30. The molecule has 0 radical (unpaired) electrons. The largest absolute Gasteiger partial charge is 0.481 e. The second-order valence-electron chi connectivity index (χ2n) is 6.73. The van der Waals surface area contributed by atoms with E-state index in [1.54, 1.807) is 6.92 Å². The van der Waals surface area contributed by atoms with Crippen LogP contribution in [-0.4, -0.2) is 12.0 Å². The van der Waals surface area contributed by atoms with E-state index < -0.39 is 6.10 Å². The standard InChI is InChI=1S/C21H27NO2/c1-13(2)18-7-9-19(10-8-18)22-21(23)17(6)24-20-12-14(3)11-15(4)16(20)5/h7-13,17H,1-6H3,(H,22,23)/t17-/m1/s1. The first-order valence-electron chi connectivity index (χ1n) is 8.43. The van der Waals surface area contributed by atoms with Crippen LogP contribution in [-0.2, 0) is 4.79 Å². The van der Waals surface area contributed by atoms with E-state index in [-0.39, 0.29) is 5.91 Å². The van der Waals surface area contributed by atoms with Gasteiger partial charge in [0.25, 0.3) is 5.91 Å². The Morgan fingerprint density at radius 1 is 1.00 bits per heavy atom. The lowest BCUT2D eigenvalue weighted by atomic mass is 10.0. The van der Waals surface area contributed by atoms with Gasteiger partial charge in [0.05, 0.1) is 0 Å². The number of ether oxygens (including phenoxy) is 1. The summed E-state index contributed by atoms with van der Waals surface area (Å²) in [6.07, 6.45) is -0.560. The van der Waals surface area contributed by atoms with Crippen molar-refractivity contribution in [1.29, 1.82) is 0 Å². The summed E-state index contributed by atoms with van der Waals surface area (Å²) in [5, 5.41) is 2.91. The topological polar surface area (TPSA) is 38.3 Å². The van der Waals surface area contributed by atoms with E-state index in [1.807, 2.05) is 44.2 Å². The lowest BCUT2D eigenvalue weighted by Gasteiger charge is -2.18. The predicted molar refractivity (Wildman–Crippen MR) is 99.9 cm³/mol. The van der Waals surface area contributed by atoms with Crippen LogP contribution in [0.2, 0.25) is 0 Å². The van der Waals surface area contributed by atoms with Crippen molar-refractivity contribution in [2.75, 3.05) is 5.32 Å². The van der Waals surface area contributed by atoms with Crippen LogP contribution < -0.4 is 10.1 Å². The van der Waals surface area contributed by atoms with Crippen LogP contribution in [0, 0.1) is 20.8 Å². The molecule has 0 heterocycles. The number of benzene rings is 2. The van der Waals surface area contributed by atoms with Crippen LogP contribution in [0.4, 0.5) is 5.69 Å². The molecular weight excluding hydrogens is 298 g/mol. The van der Waals surface area contributed by atoms with E-state index in [2.05, 4.69) is 32.2 Å². The number of nitrogens with one attached hydrogen (secondary N) is 1. The molecular formula is C21H27NO2. The molecule has 2 aromatic carbocycles. The summed E-state index contributed by atoms with van der Waals surface area (Å²) < 4.78 is 5.89. The van der Waals surface area contributed by atoms with Crippen molar-refractivity contribution in [3.05, 3.63) is 58.7 Å². The molecule has 0 aliphatic heterocycles. The van der Waals surface area contributed by atoms with E-state index in [0.29, 0.717) is 5.92 Å². The smallest absolute Gasteiger partial charge is 0.265 e. The predicted octanol–water partition coefficient (Wildman–Crippen LogP) is 5.14. The summed E-state index contributed by atoms with van der Waals surface area (Å²) in [4.78, 5) is 12.4. The molecule has 0 fully saturated rings. The number of amides is 1. The SMILES string of the molecule is Cc1cc(C)c(C)c(O[C@H](C)C(=O)Nc2ccc(C(C)C)cc2)c1. The zero-order valence-electron chi connectivity index (χ0n) is 15.4. The van der Waals surface area contributed by atoms with Crippen LogP contribution in [0.5, 0.6) is 5.75 Å². The summed E-state index contributed by atoms with van der Waals surface area (Å²) in [6, 6.07) is 12.0. The number of rotatable bonds is 5. The van der Waals surface area contributed by atoms with Crippen molar-refractivity contribution in [3.8, 4) is 5.75 Å². The number of carbonyl (C=O) groups excluding carboxylic acids is 1. The van der Waals surface area contributed by atoms with Gasteiger partial charge >= 0.3 is 0 Å². The van der Waals surface area contributed by atoms with Gasteiger partial charge in [0.1, 0.15) is 5.75 Å². The molecule has 0 saturated heterocycles. The Balaban J connectivity index is 2.05.